The van der Waals surface area contributed by atoms with E-state index in [9.17, 15) is 0 Å². The average molecular weight is 257 g/mol. The molecule has 102 valence electrons. The molecule has 0 saturated heterocycles. The zero-order valence-electron chi connectivity index (χ0n) is 12.2. The van der Waals surface area contributed by atoms with E-state index in [0.29, 0.717) is 12.5 Å². The first-order valence-corrected chi connectivity index (χ1v) is 6.91. The molecule has 0 saturated carbocycles. The summed E-state index contributed by atoms with van der Waals surface area (Å²) in [5.41, 5.74) is 11.7. The van der Waals surface area contributed by atoms with Crippen molar-refractivity contribution in [2.24, 2.45) is 5.73 Å². The van der Waals surface area contributed by atoms with Crippen molar-refractivity contribution in [1.82, 2.24) is 9.97 Å². The SMILES string of the molecule is CCC(CN)c1nc(-c2ccc(C)cc2C)c(C)[nH]1. The van der Waals surface area contributed by atoms with Gasteiger partial charge in [-0.2, -0.15) is 0 Å². The largest absolute Gasteiger partial charge is 0.345 e. The van der Waals surface area contributed by atoms with Crippen molar-refractivity contribution in [2.75, 3.05) is 6.54 Å². The first kappa shape index (κ1) is 13.8. The van der Waals surface area contributed by atoms with Gasteiger partial charge in [0.2, 0.25) is 0 Å². The number of nitrogens with two attached hydrogens (primary N) is 1. The van der Waals surface area contributed by atoms with Gasteiger partial charge in [-0.1, -0.05) is 30.7 Å². The molecule has 1 aromatic carbocycles. The highest BCUT2D eigenvalue weighted by molar-refractivity contribution is 5.66. The minimum Gasteiger partial charge on any atom is -0.345 e. The van der Waals surface area contributed by atoms with Gasteiger partial charge in [0.25, 0.3) is 0 Å². The number of imidazole rings is 1. The molecular weight excluding hydrogens is 234 g/mol. The molecule has 3 nitrogen and oxygen atoms in total. The maximum absolute atomic E-state index is 5.80. The molecule has 0 aliphatic carbocycles. The fraction of sp³-hybridized carbons (Fsp3) is 0.438. The van der Waals surface area contributed by atoms with Crippen LogP contribution >= 0.6 is 0 Å². The van der Waals surface area contributed by atoms with Crippen LogP contribution in [0.5, 0.6) is 0 Å². The highest BCUT2D eigenvalue weighted by Crippen LogP contribution is 2.27. The van der Waals surface area contributed by atoms with Crippen LogP contribution in [-0.2, 0) is 0 Å². The number of hydrogen-bond donors (Lipinski definition) is 2. The normalized spacial score (nSPS) is 12.7. The summed E-state index contributed by atoms with van der Waals surface area (Å²) in [6.07, 6.45) is 1.01. The first-order valence-electron chi connectivity index (χ1n) is 6.91. The van der Waals surface area contributed by atoms with Crippen LogP contribution in [0, 0.1) is 20.8 Å². The Kier molecular flexibility index (Phi) is 4.05. The first-order chi connectivity index (χ1) is 9.06. The number of benzene rings is 1. The van der Waals surface area contributed by atoms with Gasteiger partial charge in [0.05, 0.1) is 5.69 Å². The van der Waals surface area contributed by atoms with E-state index in [0.717, 1.165) is 23.6 Å². The number of nitrogens with one attached hydrogen (secondary N) is 1. The van der Waals surface area contributed by atoms with E-state index >= 15 is 0 Å². The lowest BCUT2D eigenvalue weighted by atomic mass is 10.0. The zero-order chi connectivity index (χ0) is 14.0. The predicted molar refractivity (Wildman–Crippen MR) is 80.3 cm³/mol. The molecule has 0 amide bonds. The third kappa shape index (κ3) is 2.71. The van der Waals surface area contributed by atoms with Crippen LogP contribution in [0.4, 0.5) is 0 Å². The molecule has 0 fully saturated rings. The number of aromatic amines is 1. The Hall–Kier alpha value is -1.61. The van der Waals surface area contributed by atoms with Gasteiger partial charge in [0, 0.05) is 23.7 Å². The predicted octanol–water partition coefficient (Wildman–Crippen LogP) is 3.45. The number of nitrogens with zero attached hydrogens (tertiary/aromatic N) is 1. The molecule has 2 rings (SSSR count). The minimum atomic E-state index is 0.318. The summed E-state index contributed by atoms with van der Waals surface area (Å²) < 4.78 is 0. The quantitative estimate of drug-likeness (QED) is 0.881. The highest BCUT2D eigenvalue weighted by atomic mass is 14.9. The van der Waals surface area contributed by atoms with Crippen molar-refractivity contribution in [3.8, 4) is 11.3 Å². The van der Waals surface area contributed by atoms with Gasteiger partial charge in [0.1, 0.15) is 5.82 Å². The molecule has 1 aromatic heterocycles. The molecule has 1 unspecified atom stereocenters. The van der Waals surface area contributed by atoms with Crippen LogP contribution in [0.25, 0.3) is 11.3 Å². The van der Waals surface area contributed by atoms with Crippen LogP contribution in [-0.4, -0.2) is 16.5 Å². The average Bonchev–Trinajstić information content (AvgIpc) is 2.73. The topological polar surface area (TPSA) is 54.7 Å². The minimum absolute atomic E-state index is 0.318. The van der Waals surface area contributed by atoms with E-state index in [2.05, 4.69) is 50.9 Å². The molecule has 0 bridgehead atoms. The number of rotatable bonds is 4. The van der Waals surface area contributed by atoms with Crippen LogP contribution in [0.15, 0.2) is 18.2 Å². The monoisotopic (exact) mass is 257 g/mol. The molecule has 3 N–H and O–H groups in total. The summed E-state index contributed by atoms with van der Waals surface area (Å²) >= 11 is 0. The van der Waals surface area contributed by atoms with E-state index < -0.39 is 0 Å². The molecule has 0 aliphatic rings. The molecule has 0 aliphatic heterocycles. The maximum atomic E-state index is 5.80. The van der Waals surface area contributed by atoms with Gasteiger partial charge >= 0.3 is 0 Å². The van der Waals surface area contributed by atoms with E-state index in [4.69, 9.17) is 10.7 Å². The Bertz CT molecular complexity index is 565. The summed E-state index contributed by atoms with van der Waals surface area (Å²) in [5.74, 6) is 1.33. The third-order valence-corrected chi connectivity index (χ3v) is 3.70. The molecule has 0 radical (unpaired) electrons. The second-order valence-corrected chi connectivity index (χ2v) is 5.25. The Morgan fingerprint density at radius 3 is 2.58 bits per heavy atom. The van der Waals surface area contributed by atoms with Crippen LogP contribution in [0.3, 0.4) is 0 Å². The van der Waals surface area contributed by atoms with Crippen molar-refractivity contribution >= 4 is 0 Å². The second-order valence-electron chi connectivity index (χ2n) is 5.25. The summed E-state index contributed by atoms with van der Waals surface area (Å²) in [7, 11) is 0. The lowest BCUT2D eigenvalue weighted by molar-refractivity contribution is 0.638. The summed E-state index contributed by atoms with van der Waals surface area (Å²) in [6, 6.07) is 6.49. The number of aromatic nitrogens is 2. The molecule has 3 heteroatoms. The van der Waals surface area contributed by atoms with Crippen LogP contribution in [0.1, 0.15) is 41.9 Å². The maximum Gasteiger partial charge on any atom is 0.111 e. The molecule has 1 atom stereocenters. The van der Waals surface area contributed by atoms with Gasteiger partial charge in [-0.3, -0.25) is 0 Å². The summed E-state index contributed by atoms with van der Waals surface area (Å²) in [6.45, 7) is 9.10. The van der Waals surface area contributed by atoms with Gasteiger partial charge < -0.3 is 10.7 Å². The Labute approximate surface area is 115 Å². The fourth-order valence-electron chi connectivity index (χ4n) is 2.49. The van der Waals surface area contributed by atoms with Crippen molar-refractivity contribution < 1.29 is 0 Å². The third-order valence-electron chi connectivity index (χ3n) is 3.70. The van der Waals surface area contributed by atoms with E-state index in [1.807, 2.05) is 0 Å². The Morgan fingerprint density at radius 1 is 1.26 bits per heavy atom. The van der Waals surface area contributed by atoms with Crippen molar-refractivity contribution in [2.45, 2.75) is 40.0 Å². The van der Waals surface area contributed by atoms with Crippen molar-refractivity contribution in [3.63, 3.8) is 0 Å². The molecule has 1 heterocycles. The number of aryl methyl sites for hydroxylation is 3. The Balaban J connectivity index is 2.45. The van der Waals surface area contributed by atoms with E-state index in [1.165, 1.54) is 16.7 Å². The van der Waals surface area contributed by atoms with Gasteiger partial charge in [-0.15, -0.1) is 0 Å². The summed E-state index contributed by atoms with van der Waals surface area (Å²) in [4.78, 5) is 8.17. The smallest absolute Gasteiger partial charge is 0.111 e. The standard InChI is InChI=1S/C16H23N3/c1-5-13(9-17)16-18-12(4)15(19-16)14-7-6-10(2)8-11(14)3/h6-8,13H,5,9,17H2,1-4H3,(H,18,19). The van der Waals surface area contributed by atoms with Crippen molar-refractivity contribution in [3.05, 3.63) is 40.8 Å². The second kappa shape index (κ2) is 5.57. The number of hydrogen-bond acceptors (Lipinski definition) is 2. The van der Waals surface area contributed by atoms with E-state index in [-0.39, 0.29) is 0 Å². The highest BCUT2D eigenvalue weighted by Gasteiger charge is 2.16. The molecule has 0 spiro atoms. The lowest BCUT2D eigenvalue weighted by Crippen LogP contribution is -2.12. The van der Waals surface area contributed by atoms with Gasteiger partial charge in [-0.25, -0.2) is 4.98 Å². The molecular formula is C16H23N3. The van der Waals surface area contributed by atoms with Gasteiger partial charge in [-0.05, 0) is 32.8 Å². The number of H-pyrrole nitrogens is 1. The molecule has 2 aromatic rings. The van der Waals surface area contributed by atoms with Crippen LogP contribution < -0.4 is 5.73 Å². The van der Waals surface area contributed by atoms with Crippen LogP contribution in [0.2, 0.25) is 0 Å². The van der Waals surface area contributed by atoms with E-state index in [1.54, 1.807) is 0 Å². The molecule has 19 heavy (non-hydrogen) atoms. The van der Waals surface area contributed by atoms with Crippen molar-refractivity contribution in [1.29, 1.82) is 0 Å². The lowest BCUT2D eigenvalue weighted by Gasteiger charge is -2.08. The Morgan fingerprint density at radius 2 is 2.00 bits per heavy atom. The zero-order valence-corrected chi connectivity index (χ0v) is 12.2. The van der Waals surface area contributed by atoms with Gasteiger partial charge in [0.15, 0.2) is 0 Å². The summed E-state index contributed by atoms with van der Waals surface area (Å²) in [5, 5.41) is 0. The fourth-order valence-corrected chi connectivity index (χ4v) is 2.49.